The van der Waals surface area contributed by atoms with Crippen molar-refractivity contribution in [1.82, 2.24) is 0 Å². The van der Waals surface area contributed by atoms with Gasteiger partial charge in [0.05, 0.1) is 17.4 Å². The molecular weight excluding hydrogens is 437 g/mol. The van der Waals surface area contributed by atoms with E-state index in [1.54, 1.807) is 6.07 Å². The summed E-state index contributed by atoms with van der Waals surface area (Å²) >= 11 is 0. The van der Waals surface area contributed by atoms with Gasteiger partial charge in [-0.3, -0.25) is 4.79 Å². The van der Waals surface area contributed by atoms with Gasteiger partial charge in [-0.1, -0.05) is 12.1 Å². The van der Waals surface area contributed by atoms with Gasteiger partial charge >= 0.3 is 11.8 Å². The van der Waals surface area contributed by atoms with E-state index in [0.717, 1.165) is 17.2 Å². The Labute approximate surface area is 186 Å². The molecule has 33 heavy (non-hydrogen) atoms. The molecule has 2 aromatic carbocycles. The molecule has 0 atom stereocenters. The topological polar surface area (TPSA) is 84.5 Å². The van der Waals surface area contributed by atoms with Crippen molar-refractivity contribution >= 4 is 28.3 Å². The van der Waals surface area contributed by atoms with Crippen LogP contribution in [0.4, 0.5) is 24.5 Å². The molecule has 170 valence electrons. The summed E-state index contributed by atoms with van der Waals surface area (Å²) in [5.74, 6) is -0.592. The number of amides is 1. The quantitative estimate of drug-likeness (QED) is 0.366. The monoisotopic (exact) mass is 456 g/mol. The highest BCUT2D eigenvalue weighted by atomic mass is 19.4. The smallest absolute Gasteiger partial charge is 0.418 e. The molecule has 0 spiro atoms. The normalized spacial score (nSPS) is 11.5. The van der Waals surface area contributed by atoms with Crippen LogP contribution in [0.2, 0.25) is 0 Å². The lowest BCUT2D eigenvalue weighted by Crippen LogP contribution is -2.15. The number of anilines is 2. The minimum Gasteiger partial charge on any atom is -0.472 e. The minimum atomic E-state index is -4.68. The molecule has 0 aliphatic carbocycles. The fraction of sp³-hybridized carbons (Fsp3) is 0.167. The van der Waals surface area contributed by atoms with E-state index in [2.05, 4.69) is 10.6 Å². The Morgan fingerprint density at radius 2 is 1.85 bits per heavy atom. The fourth-order valence-electron chi connectivity index (χ4n) is 3.47. The first kappa shape index (κ1) is 22.2. The molecular formula is C24H19F3N2O4. The molecule has 0 aliphatic heterocycles. The Bertz CT molecular complexity index is 1390. The standard InChI is InChI=1S/C24H19F3N2O4/c1-13-3-5-18-16(9-21(30)33-22(18)14(13)2)11-28-20-6-4-17(10-19(20)24(25,26)27)29-23(31)15-7-8-32-12-15/h3-10,12,28H,11H2,1-2H3,(H,29,31). The van der Waals surface area contributed by atoms with Crippen molar-refractivity contribution in [1.29, 1.82) is 0 Å². The molecule has 2 aromatic heterocycles. The summed E-state index contributed by atoms with van der Waals surface area (Å²) in [5.41, 5.74) is 1.09. The third-order valence-corrected chi connectivity index (χ3v) is 5.35. The SMILES string of the molecule is Cc1ccc2c(CNc3ccc(NC(=O)c4ccoc4)cc3C(F)(F)F)cc(=O)oc2c1C. The first-order chi connectivity index (χ1) is 15.6. The van der Waals surface area contributed by atoms with Gasteiger partial charge in [-0.05, 0) is 54.8 Å². The van der Waals surface area contributed by atoms with E-state index in [1.165, 1.54) is 36.8 Å². The lowest BCUT2D eigenvalue weighted by molar-refractivity contribution is -0.136. The van der Waals surface area contributed by atoms with Gasteiger partial charge in [-0.15, -0.1) is 0 Å². The van der Waals surface area contributed by atoms with E-state index < -0.39 is 23.3 Å². The molecule has 0 aliphatic rings. The van der Waals surface area contributed by atoms with Gasteiger partial charge in [0, 0.05) is 29.4 Å². The summed E-state index contributed by atoms with van der Waals surface area (Å²) in [6.07, 6.45) is -2.19. The number of hydrogen-bond acceptors (Lipinski definition) is 5. The van der Waals surface area contributed by atoms with E-state index in [0.29, 0.717) is 16.5 Å². The first-order valence-corrected chi connectivity index (χ1v) is 9.95. The Kier molecular flexibility index (Phi) is 5.71. The van der Waals surface area contributed by atoms with Crippen molar-refractivity contribution in [2.75, 3.05) is 10.6 Å². The number of rotatable bonds is 5. The lowest BCUT2D eigenvalue weighted by Gasteiger charge is -2.17. The molecule has 6 nitrogen and oxygen atoms in total. The van der Waals surface area contributed by atoms with Crippen LogP contribution in [-0.2, 0) is 12.7 Å². The Hall–Kier alpha value is -4.01. The molecule has 2 heterocycles. The predicted octanol–water partition coefficient (Wildman–Crippen LogP) is 5.89. The number of benzene rings is 2. The van der Waals surface area contributed by atoms with E-state index in [1.807, 2.05) is 19.9 Å². The average molecular weight is 456 g/mol. The molecule has 0 saturated carbocycles. The highest BCUT2D eigenvalue weighted by Crippen LogP contribution is 2.37. The Balaban J connectivity index is 1.64. The largest absolute Gasteiger partial charge is 0.472 e. The number of furan rings is 1. The summed E-state index contributed by atoms with van der Waals surface area (Å²) in [6, 6.07) is 9.75. The van der Waals surface area contributed by atoms with Crippen LogP contribution in [0.15, 0.2) is 68.6 Å². The summed E-state index contributed by atoms with van der Waals surface area (Å²) in [4.78, 5) is 24.2. The van der Waals surface area contributed by atoms with Gasteiger partial charge in [-0.2, -0.15) is 13.2 Å². The molecule has 0 radical (unpaired) electrons. The lowest BCUT2D eigenvalue weighted by atomic mass is 10.0. The van der Waals surface area contributed by atoms with E-state index in [4.69, 9.17) is 8.83 Å². The number of carbonyl (C=O) groups excluding carboxylic acids is 1. The van der Waals surface area contributed by atoms with Crippen LogP contribution in [-0.4, -0.2) is 5.91 Å². The number of fused-ring (bicyclic) bond motifs is 1. The second-order valence-electron chi connectivity index (χ2n) is 7.55. The second kappa shape index (κ2) is 8.50. The summed E-state index contributed by atoms with van der Waals surface area (Å²) in [7, 11) is 0. The molecule has 1 amide bonds. The number of hydrogen-bond donors (Lipinski definition) is 2. The van der Waals surface area contributed by atoms with Crippen molar-refractivity contribution in [3.63, 3.8) is 0 Å². The van der Waals surface area contributed by atoms with Crippen LogP contribution < -0.4 is 16.3 Å². The van der Waals surface area contributed by atoms with Gasteiger partial charge < -0.3 is 19.5 Å². The minimum absolute atomic E-state index is 0.0176. The van der Waals surface area contributed by atoms with Crippen LogP contribution in [0.3, 0.4) is 0 Å². The van der Waals surface area contributed by atoms with E-state index >= 15 is 0 Å². The Morgan fingerprint density at radius 3 is 2.55 bits per heavy atom. The fourth-order valence-corrected chi connectivity index (χ4v) is 3.47. The number of aryl methyl sites for hydroxylation is 2. The van der Waals surface area contributed by atoms with Gasteiger partial charge in [-0.25, -0.2) is 4.79 Å². The summed E-state index contributed by atoms with van der Waals surface area (Å²) < 4.78 is 51.4. The predicted molar refractivity (Wildman–Crippen MR) is 117 cm³/mol. The Morgan fingerprint density at radius 1 is 1.06 bits per heavy atom. The van der Waals surface area contributed by atoms with E-state index in [9.17, 15) is 22.8 Å². The number of carbonyl (C=O) groups is 1. The van der Waals surface area contributed by atoms with E-state index in [-0.39, 0.29) is 23.5 Å². The molecule has 4 rings (SSSR count). The van der Waals surface area contributed by atoms with Gasteiger partial charge in [0.2, 0.25) is 0 Å². The van der Waals surface area contributed by atoms with Crippen LogP contribution >= 0.6 is 0 Å². The molecule has 0 unspecified atom stereocenters. The molecule has 9 heteroatoms. The van der Waals surface area contributed by atoms with Crippen molar-refractivity contribution in [3.8, 4) is 0 Å². The number of halogens is 3. The zero-order chi connectivity index (χ0) is 23.8. The molecule has 4 aromatic rings. The molecule has 0 bridgehead atoms. The number of alkyl halides is 3. The maximum atomic E-state index is 13.7. The van der Waals surface area contributed by atoms with Gasteiger partial charge in [0.25, 0.3) is 5.91 Å². The summed E-state index contributed by atoms with van der Waals surface area (Å²) in [6.45, 7) is 3.66. The van der Waals surface area contributed by atoms with Crippen molar-refractivity contribution in [2.45, 2.75) is 26.6 Å². The third-order valence-electron chi connectivity index (χ3n) is 5.35. The van der Waals surface area contributed by atoms with Crippen molar-refractivity contribution in [2.24, 2.45) is 0 Å². The molecule has 0 saturated heterocycles. The second-order valence-corrected chi connectivity index (χ2v) is 7.55. The first-order valence-electron chi connectivity index (χ1n) is 9.95. The maximum absolute atomic E-state index is 13.7. The van der Waals surface area contributed by atoms with Gasteiger partial charge in [0.1, 0.15) is 11.8 Å². The number of nitrogens with one attached hydrogen (secondary N) is 2. The van der Waals surface area contributed by atoms with Crippen LogP contribution in [0.5, 0.6) is 0 Å². The highest BCUT2D eigenvalue weighted by Gasteiger charge is 2.34. The van der Waals surface area contributed by atoms with Crippen LogP contribution in [0.25, 0.3) is 11.0 Å². The average Bonchev–Trinajstić information content (AvgIpc) is 3.30. The zero-order valence-electron chi connectivity index (χ0n) is 17.7. The maximum Gasteiger partial charge on any atom is 0.418 e. The van der Waals surface area contributed by atoms with Crippen molar-refractivity contribution in [3.05, 3.63) is 93.2 Å². The zero-order valence-corrected chi connectivity index (χ0v) is 17.7. The molecule has 0 fully saturated rings. The van der Waals surface area contributed by atoms with Crippen LogP contribution in [0.1, 0.15) is 32.6 Å². The third kappa shape index (κ3) is 4.62. The summed E-state index contributed by atoms with van der Waals surface area (Å²) in [5, 5.41) is 5.83. The van der Waals surface area contributed by atoms with Gasteiger partial charge in [0.15, 0.2) is 0 Å². The molecule has 2 N–H and O–H groups in total. The highest BCUT2D eigenvalue weighted by molar-refractivity contribution is 6.04. The van der Waals surface area contributed by atoms with Crippen molar-refractivity contribution < 1.29 is 26.8 Å². The van der Waals surface area contributed by atoms with Crippen LogP contribution in [0, 0.1) is 13.8 Å².